The maximum Gasteiger partial charge on any atom is 0.282 e. The molecule has 1 N–H and O–H groups in total. The maximum atomic E-state index is 12.2. The van der Waals surface area contributed by atoms with Crippen LogP contribution in [0.2, 0.25) is 0 Å². The topological polar surface area (TPSA) is 116 Å². The molecular weight excluding hydrogens is 300 g/mol. The average molecular weight is 316 g/mol. The van der Waals surface area contributed by atoms with Crippen LogP contribution in [0.4, 0.5) is 5.69 Å². The molecule has 1 aliphatic carbocycles. The van der Waals surface area contributed by atoms with Crippen molar-refractivity contribution in [2.75, 3.05) is 0 Å². The summed E-state index contributed by atoms with van der Waals surface area (Å²) in [5, 5.41) is 25.2. The predicted octanol–water partition coefficient (Wildman–Crippen LogP) is 1.63. The fourth-order valence-corrected chi connectivity index (χ4v) is 2.84. The van der Waals surface area contributed by atoms with E-state index in [1.165, 1.54) is 18.2 Å². The second-order valence-corrected chi connectivity index (χ2v) is 5.43. The summed E-state index contributed by atoms with van der Waals surface area (Å²) in [6.07, 6.45) is 4.34. The van der Waals surface area contributed by atoms with Crippen LogP contribution < -0.4 is 5.32 Å². The summed E-state index contributed by atoms with van der Waals surface area (Å²) >= 11 is 0. The number of rotatable bonds is 5. The highest BCUT2D eigenvalue weighted by molar-refractivity contribution is 5.97. The van der Waals surface area contributed by atoms with Crippen LogP contribution in [0.5, 0.6) is 0 Å². The van der Waals surface area contributed by atoms with E-state index in [1.807, 2.05) is 0 Å². The number of nitro benzene ring substituents is 1. The van der Waals surface area contributed by atoms with Gasteiger partial charge in [0.25, 0.3) is 11.6 Å². The minimum Gasteiger partial charge on any atom is -0.344 e. The zero-order chi connectivity index (χ0) is 16.2. The first kappa shape index (κ1) is 15.1. The monoisotopic (exact) mass is 316 g/mol. The van der Waals surface area contributed by atoms with E-state index >= 15 is 0 Å². The standard InChI is InChI=1S/C14H16N6O3/c21-14(11-7-3-4-8-12(11)20(22)23)15-9-13-16-17-18-19(13)10-5-1-2-6-10/h3-4,7-8,10H,1-2,5-6,9H2,(H,15,21). The Hall–Kier alpha value is -2.84. The number of amides is 1. The van der Waals surface area contributed by atoms with E-state index in [0.29, 0.717) is 5.82 Å². The van der Waals surface area contributed by atoms with Crippen LogP contribution in [0.3, 0.4) is 0 Å². The first-order chi connectivity index (χ1) is 11.2. The number of para-hydroxylation sites is 1. The number of carbonyl (C=O) groups is 1. The number of carbonyl (C=O) groups excluding carboxylic acids is 1. The highest BCUT2D eigenvalue weighted by Crippen LogP contribution is 2.29. The predicted molar refractivity (Wildman–Crippen MR) is 79.6 cm³/mol. The van der Waals surface area contributed by atoms with Crippen molar-refractivity contribution in [3.05, 3.63) is 45.8 Å². The lowest BCUT2D eigenvalue weighted by atomic mass is 10.1. The Kier molecular flexibility index (Phi) is 4.26. The molecule has 1 fully saturated rings. The largest absolute Gasteiger partial charge is 0.344 e. The Morgan fingerprint density at radius 1 is 1.35 bits per heavy atom. The quantitative estimate of drug-likeness (QED) is 0.662. The molecule has 0 aliphatic heterocycles. The highest BCUT2D eigenvalue weighted by Gasteiger charge is 2.23. The molecule has 23 heavy (non-hydrogen) atoms. The van der Waals surface area contributed by atoms with Gasteiger partial charge >= 0.3 is 0 Å². The van der Waals surface area contributed by atoms with Crippen molar-refractivity contribution < 1.29 is 9.72 Å². The number of aromatic nitrogens is 4. The van der Waals surface area contributed by atoms with Crippen LogP contribution in [0, 0.1) is 10.1 Å². The number of tetrazole rings is 1. The molecule has 3 rings (SSSR count). The molecule has 9 nitrogen and oxygen atoms in total. The molecule has 9 heteroatoms. The Balaban J connectivity index is 1.71. The lowest BCUT2D eigenvalue weighted by molar-refractivity contribution is -0.385. The second kappa shape index (κ2) is 6.51. The van der Waals surface area contributed by atoms with E-state index in [9.17, 15) is 14.9 Å². The number of nitrogens with one attached hydrogen (secondary N) is 1. The molecule has 0 atom stereocenters. The lowest BCUT2D eigenvalue weighted by Gasteiger charge is -2.11. The molecule has 0 spiro atoms. The molecule has 1 heterocycles. The zero-order valence-electron chi connectivity index (χ0n) is 12.4. The summed E-state index contributed by atoms with van der Waals surface area (Å²) in [7, 11) is 0. The summed E-state index contributed by atoms with van der Waals surface area (Å²) in [6.45, 7) is 0.133. The molecular formula is C14H16N6O3. The van der Waals surface area contributed by atoms with E-state index in [1.54, 1.807) is 10.7 Å². The van der Waals surface area contributed by atoms with E-state index in [2.05, 4.69) is 20.8 Å². The Bertz CT molecular complexity index is 723. The third-order valence-electron chi connectivity index (χ3n) is 3.98. The third kappa shape index (κ3) is 3.17. The average Bonchev–Trinajstić information content (AvgIpc) is 3.23. The smallest absolute Gasteiger partial charge is 0.282 e. The number of hydrogen-bond acceptors (Lipinski definition) is 6. The van der Waals surface area contributed by atoms with Gasteiger partial charge in [0.05, 0.1) is 17.5 Å². The highest BCUT2D eigenvalue weighted by atomic mass is 16.6. The molecule has 1 amide bonds. The van der Waals surface area contributed by atoms with Gasteiger partial charge in [-0.2, -0.15) is 0 Å². The van der Waals surface area contributed by atoms with Crippen molar-refractivity contribution in [3.8, 4) is 0 Å². The van der Waals surface area contributed by atoms with Crippen LogP contribution >= 0.6 is 0 Å². The van der Waals surface area contributed by atoms with Gasteiger partial charge in [0, 0.05) is 6.07 Å². The fourth-order valence-electron chi connectivity index (χ4n) is 2.84. The minimum absolute atomic E-state index is 0.0254. The summed E-state index contributed by atoms with van der Waals surface area (Å²) in [6, 6.07) is 6.10. The van der Waals surface area contributed by atoms with E-state index in [4.69, 9.17) is 0 Å². The number of nitrogens with zero attached hydrogens (tertiary/aromatic N) is 5. The van der Waals surface area contributed by atoms with Crippen molar-refractivity contribution >= 4 is 11.6 Å². The molecule has 2 aromatic rings. The SMILES string of the molecule is O=C(NCc1nnnn1C1CCCC1)c1ccccc1[N+](=O)[O-]. The first-order valence-electron chi connectivity index (χ1n) is 7.45. The summed E-state index contributed by atoms with van der Waals surface area (Å²) in [5.41, 5.74) is -0.197. The molecule has 0 radical (unpaired) electrons. The Labute approximate surface area is 131 Å². The van der Waals surface area contributed by atoms with Crippen LogP contribution in [0.15, 0.2) is 24.3 Å². The van der Waals surface area contributed by atoms with Crippen LogP contribution in [0.25, 0.3) is 0 Å². The van der Waals surface area contributed by atoms with E-state index < -0.39 is 10.8 Å². The van der Waals surface area contributed by atoms with Crippen LogP contribution in [-0.4, -0.2) is 31.0 Å². The van der Waals surface area contributed by atoms with Gasteiger partial charge in [-0.1, -0.05) is 25.0 Å². The molecule has 1 aliphatic rings. The minimum atomic E-state index is -0.572. The van der Waals surface area contributed by atoms with Crippen LogP contribution in [0.1, 0.15) is 47.9 Å². The van der Waals surface area contributed by atoms with Crippen molar-refractivity contribution in [1.82, 2.24) is 25.5 Å². The second-order valence-electron chi connectivity index (χ2n) is 5.43. The number of hydrogen-bond donors (Lipinski definition) is 1. The number of nitro groups is 1. The molecule has 0 bridgehead atoms. The summed E-state index contributed by atoms with van der Waals surface area (Å²) < 4.78 is 1.74. The van der Waals surface area contributed by atoms with Gasteiger partial charge in [-0.15, -0.1) is 5.10 Å². The van der Waals surface area contributed by atoms with Crippen molar-refractivity contribution in [2.45, 2.75) is 38.3 Å². The molecule has 0 saturated heterocycles. The fraction of sp³-hybridized carbons (Fsp3) is 0.429. The van der Waals surface area contributed by atoms with Gasteiger partial charge in [-0.05, 0) is 29.3 Å². The molecule has 120 valence electrons. The van der Waals surface area contributed by atoms with Gasteiger partial charge in [0.1, 0.15) is 5.56 Å². The molecule has 1 saturated carbocycles. The summed E-state index contributed by atoms with van der Waals surface area (Å²) in [4.78, 5) is 22.6. The van der Waals surface area contributed by atoms with Crippen molar-refractivity contribution in [2.24, 2.45) is 0 Å². The normalized spacial score (nSPS) is 14.8. The lowest BCUT2D eigenvalue weighted by Crippen LogP contribution is -2.26. The van der Waals surface area contributed by atoms with Gasteiger partial charge < -0.3 is 5.32 Å². The van der Waals surface area contributed by atoms with Gasteiger partial charge in [0.15, 0.2) is 5.82 Å². The third-order valence-corrected chi connectivity index (χ3v) is 3.98. The first-order valence-corrected chi connectivity index (χ1v) is 7.45. The molecule has 1 aromatic carbocycles. The van der Waals surface area contributed by atoms with Crippen molar-refractivity contribution in [1.29, 1.82) is 0 Å². The van der Waals surface area contributed by atoms with E-state index in [0.717, 1.165) is 25.7 Å². The summed E-state index contributed by atoms with van der Waals surface area (Å²) in [5.74, 6) is 0.0436. The van der Waals surface area contributed by atoms with Gasteiger partial charge in [0.2, 0.25) is 0 Å². The van der Waals surface area contributed by atoms with Crippen molar-refractivity contribution in [3.63, 3.8) is 0 Å². The molecule has 1 aromatic heterocycles. The van der Waals surface area contributed by atoms with Gasteiger partial charge in [-0.3, -0.25) is 14.9 Å². The zero-order valence-corrected chi connectivity index (χ0v) is 12.4. The Morgan fingerprint density at radius 2 is 2.09 bits per heavy atom. The van der Waals surface area contributed by atoms with Gasteiger partial charge in [-0.25, -0.2) is 4.68 Å². The molecule has 0 unspecified atom stereocenters. The number of benzene rings is 1. The van der Waals surface area contributed by atoms with Crippen LogP contribution in [-0.2, 0) is 6.54 Å². The Morgan fingerprint density at radius 3 is 2.83 bits per heavy atom. The maximum absolute atomic E-state index is 12.2. The van der Waals surface area contributed by atoms with E-state index in [-0.39, 0.29) is 23.8 Å².